The summed E-state index contributed by atoms with van der Waals surface area (Å²) in [6.07, 6.45) is 1.72. The fraction of sp³-hybridized carbons (Fsp3) is 0.308. The Balaban J connectivity index is 1.73. The molecule has 7 heteroatoms. The molecule has 0 fully saturated rings. The lowest BCUT2D eigenvalue weighted by Gasteiger charge is -2.19. The van der Waals surface area contributed by atoms with Crippen LogP contribution in [0.4, 0.5) is 8.78 Å². The van der Waals surface area contributed by atoms with Crippen molar-refractivity contribution in [2.75, 3.05) is 0 Å². The molecule has 1 aromatic heterocycles. The second-order valence-electron chi connectivity index (χ2n) is 8.69. The first-order valence-electron chi connectivity index (χ1n) is 11.1. The van der Waals surface area contributed by atoms with Crippen LogP contribution in [0.5, 0.6) is 0 Å². The Morgan fingerprint density at radius 2 is 1.85 bits per heavy atom. The molecule has 1 heterocycles. The smallest absolute Gasteiger partial charge is 0.253 e. The number of nitrogens with zero attached hydrogens (tertiary/aromatic N) is 2. The average Bonchev–Trinajstić information content (AvgIpc) is 3.14. The number of halogens is 2. The molecule has 0 spiro atoms. The van der Waals surface area contributed by atoms with Crippen LogP contribution in [0, 0.1) is 11.6 Å². The number of hydrogen-bond donors (Lipinski definition) is 2. The van der Waals surface area contributed by atoms with Crippen molar-refractivity contribution in [2.45, 2.75) is 52.1 Å². The first kappa shape index (κ1) is 22.7. The van der Waals surface area contributed by atoms with Gasteiger partial charge in [-0.2, -0.15) is 0 Å². The van der Waals surface area contributed by atoms with Crippen molar-refractivity contribution in [3.63, 3.8) is 0 Å². The summed E-state index contributed by atoms with van der Waals surface area (Å²) < 4.78 is 29.1. The largest absolute Gasteiger partial charge is 0.411 e. The maximum absolute atomic E-state index is 13.6. The maximum Gasteiger partial charge on any atom is 0.253 e. The first-order valence-corrected chi connectivity index (χ1v) is 11.1. The van der Waals surface area contributed by atoms with E-state index in [1.165, 1.54) is 6.07 Å². The Morgan fingerprint density at radius 3 is 2.52 bits per heavy atom. The zero-order chi connectivity index (χ0) is 23.5. The van der Waals surface area contributed by atoms with Crippen LogP contribution in [0.3, 0.4) is 0 Å². The Hall–Kier alpha value is -3.48. The first-order chi connectivity index (χ1) is 15.9. The zero-order valence-corrected chi connectivity index (χ0v) is 18.7. The number of carbonyl (C=O) groups is 1. The Bertz CT molecular complexity index is 1200. The van der Waals surface area contributed by atoms with E-state index in [1.54, 1.807) is 0 Å². The molecule has 1 amide bonds. The number of hydrogen-bond acceptors (Lipinski definition) is 3. The molecule has 0 unspecified atom stereocenters. The highest BCUT2D eigenvalue weighted by atomic mass is 19.2. The minimum atomic E-state index is -0.945. The zero-order valence-electron chi connectivity index (χ0n) is 18.7. The second-order valence-corrected chi connectivity index (χ2v) is 8.69. The minimum absolute atomic E-state index is 0.0674. The van der Waals surface area contributed by atoms with Gasteiger partial charge >= 0.3 is 0 Å². The fourth-order valence-electron chi connectivity index (χ4n) is 4.58. The molecular weight excluding hydrogens is 424 g/mol. The van der Waals surface area contributed by atoms with Crippen molar-refractivity contribution in [2.24, 2.45) is 5.16 Å². The molecule has 0 radical (unpaired) electrons. The van der Waals surface area contributed by atoms with Gasteiger partial charge in [-0.25, -0.2) is 8.78 Å². The number of nitrogens with one attached hydrogen (secondary N) is 1. The van der Waals surface area contributed by atoms with Gasteiger partial charge in [0, 0.05) is 30.9 Å². The molecule has 0 atom stereocenters. The summed E-state index contributed by atoms with van der Waals surface area (Å²) in [6, 6.07) is 13.7. The molecule has 3 aromatic rings. The SMILES string of the molecule is CC(C)c1c(C(=O)NCc2ccc(F)c(F)c2)c2c(n1Cc1ccccc1)CC/C(=N\O)C2. The van der Waals surface area contributed by atoms with Gasteiger partial charge in [-0.1, -0.05) is 55.4 Å². The van der Waals surface area contributed by atoms with Gasteiger partial charge in [0.2, 0.25) is 0 Å². The van der Waals surface area contributed by atoms with E-state index in [9.17, 15) is 18.8 Å². The highest BCUT2D eigenvalue weighted by Crippen LogP contribution is 2.34. The van der Waals surface area contributed by atoms with Crippen LogP contribution in [0.1, 0.15) is 64.6 Å². The molecule has 33 heavy (non-hydrogen) atoms. The lowest BCUT2D eigenvalue weighted by molar-refractivity contribution is 0.0948. The third kappa shape index (κ3) is 4.67. The molecule has 1 aliphatic carbocycles. The normalized spacial score (nSPS) is 14.5. The van der Waals surface area contributed by atoms with Gasteiger partial charge in [-0.05, 0) is 47.6 Å². The summed E-state index contributed by atoms with van der Waals surface area (Å²) >= 11 is 0. The van der Waals surface area contributed by atoms with E-state index < -0.39 is 11.6 Å². The van der Waals surface area contributed by atoms with Gasteiger partial charge in [0.1, 0.15) is 0 Å². The van der Waals surface area contributed by atoms with Crippen LogP contribution in [0.15, 0.2) is 53.7 Å². The molecule has 0 aliphatic heterocycles. The standard InChI is InChI=1S/C26H27F2N3O2/c1-16(2)25-24(26(32)29-14-18-8-10-21(27)22(28)12-18)20-13-19(30-33)9-11-23(20)31(25)15-17-6-4-3-5-7-17/h3-8,10,12,16,33H,9,11,13-15H2,1-2H3,(H,29,32)/b30-19+. The van der Waals surface area contributed by atoms with E-state index in [0.717, 1.165) is 34.6 Å². The number of carbonyl (C=O) groups excluding carboxylic acids is 1. The summed E-state index contributed by atoms with van der Waals surface area (Å²) in [5.74, 6) is -2.07. The van der Waals surface area contributed by atoms with Gasteiger partial charge in [0.05, 0.1) is 11.3 Å². The predicted molar refractivity (Wildman–Crippen MR) is 123 cm³/mol. The molecule has 2 N–H and O–H groups in total. The summed E-state index contributed by atoms with van der Waals surface area (Å²) in [7, 11) is 0. The van der Waals surface area contributed by atoms with Crippen molar-refractivity contribution < 1.29 is 18.8 Å². The number of aromatic nitrogens is 1. The van der Waals surface area contributed by atoms with E-state index in [2.05, 4.69) is 41.0 Å². The molecular formula is C26H27F2N3O2. The minimum Gasteiger partial charge on any atom is -0.411 e. The number of rotatable bonds is 6. The number of oxime groups is 1. The summed E-state index contributed by atoms with van der Waals surface area (Å²) in [5, 5.41) is 15.7. The van der Waals surface area contributed by atoms with Crippen LogP contribution < -0.4 is 5.32 Å². The van der Waals surface area contributed by atoms with Gasteiger partial charge in [0.15, 0.2) is 11.6 Å². The van der Waals surface area contributed by atoms with Crippen molar-refractivity contribution in [1.29, 1.82) is 0 Å². The molecule has 2 aromatic carbocycles. The maximum atomic E-state index is 13.6. The predicted octanol–water partition coefficient (Wildman–Crippen LogP) is 5.19. The lowest BCUT2D eigenvalue weighted by Crippen LogP contribution is -2.26. The van der Waals surface area contributed by atoms with Crippen LogP contribution >= 0.6 is 0 Å². The van der Waals surface area contributed by atoms with Crippen molar-refractivity contribution in [1.82, 2.24) is 9.88 Å². The van der Waals surface area contributed by atoms with Crippen LogP contribution in [-0.4, -0.2) is 21.4 Å². The number of fused-ring (bicyclic) bond motifs is 1. The van der Waals surface area contributed by atoms with E-state index in [1.807, 2.05) is 18.2 Å². The molecule has 0 saturated carbocycles. The van der Waals surface area contributed by atoms with Crippen LogP contribution in [-0.2, 0) is 25.9 Å². The van der Waals surface area contributed by atoms with E-state index in [-0.39, 0.29) is 18.4 Å². The topological polar surface area (TPSA) is 66.6 Å². The van der Waals surface area contributed by atoms with E-state index in [0.29, 0.717) is 42.6 Å². The Morgan fingerprint density at radius 1 is 1.09 bits per heavy atom. The Labute approximate surface area is 191 Å². The van der Waals surface area contributed by atoms with Crippen LogP contribution in [0.2, 0.25) is 0 Å². The molecule has 172 valence electrons. The molecule has 1 aliphatic rings. The average molecular weight is 452 g/mol. The summed E-state index contributed by atoms with van der Waals surface area (Å²) in [4.78, 5) is 13.4. The van der Waals surface area contributed by atoms with Gasteiger partial charge in [-0.3, -0.25) is 4.79 Å². The van der Waals surface area contributed by atoms with Crippen LogP contribution in [0.25, 0.3) is 0 Å². The highest BCUT2D eigenvalue weighted by Gasteiger charge is 2.31. The van der Waals surface area contributed by atoms with Crippen molar-refractivity contribution >= 4 is 11.6 Å². The van der Waals surface area contributed by atoms with Gasteiger partial charge in [0.25, 0.3) is 5.91 Å². The second kappa shape index (κ2) is 9.57. The van der Waals surface area contributed by atoms with Gasteiger partial charge in [-0.15, -0.1) is 0 Å². The van der Waals surface area contributed by atoms with Crippen molar-refractivity contribution in [3.8, 4) is 0 Å². The fourth-order valence-corrected chi connectivity index (χ4v) is 4.58. The Kier molecular flexibility index (Phi) is 6.58. The highest BCUT2D eigenvalue weighted by molar-refractivity contribution is 6.00. The molecule has 0 saturated heterocycles. The molecule has 5 nitrogen and oxygen atoms in total. The molecule has 4 rings (SSSR count). The summed E-state index contributed by atoms with van der Waals surface area (Å²) in [6.45, 7) is 4.82. The number of benzene rings is 2. The number of amides is 1. The molecule has 0 bridgehead atoms. The quantitative estimate of drug-likeness (QED) is 0.400. The van der Waals surface area contributed by atoms with Crippen molar-refractivity contribution in [3.05, 3.63) is 93.8 Å². The lowest BCUT2D eigenvalue weighted by atomic mass is 9.91. The van der Waals surface area contributed by atoms with E-state index in [4.69, 9.17) is 0 Å². The summed E-state index contributed by atoms with van der Waals surface area (Å²) in [5.41, 5.74) is 5.70. The van der Waals surface area contributed by atoms with Gasteiger partial charge < -0.3 is 15.1 Å². The van der Waals surface area contributed by atoms with E-state index >= 15 is 0 Å². The third-order valence-electron chi connectivity index (χ3n) is 6.09. The monoisotopic (exact) mass is 451 g/mol. The third-order valence-corrected chi connectivity index (χ3v) is 6.09.